The second-order valence-electron chi connectivity index (χ2n) is 7.56. The van der Waals surface area contributed by atoms with Crippen molar-refractivity contribution in [2.24, 2.45) is 11.8 Å². The van der Waals surface area contributed by atoms with Crippen LogP contribution in [0.15, 0.2) is 12.1 Å². The summed E-state index contributed by atoms with van der Waals surface area (Å²) < 4.78 is 46.0. The molecule has 0 N–H and O–H groups in total. The standard InChI is InChI=1S/C22H31F3O2/c1-3-6-15-9-11-16(12-10-15)7-5-8-18(26)17-13-14-19(27-4-2)21(23)20(17)22(24)25/h13-16,22H,3-12H2,1-2H3. The molecule has 0 amide bonds. The third-order valence-corrected chi connectivity index (χ3v) is 5.64. The zero-order chi connectivity index (χ0) is 19.8. The smallest absolute Gasteiger partial charge is 0.267 e. The summed E-state index contributed by atoms with van der Waals surface area (Å²) >= 11 is 0. The summed E-state index contributed by atoms with van der Waals surface area (Å²) in [5.74, 6) is -0.294. The largest absolute Gasteiger partial charge is 0.491 e. The van der Waals surface area contributed by atoms with E-state index >= 15 is 0 Å². The fourth-order valence-electron chi connectivity index (χ4n) is 4.20. The summed E-state index contributed by atoms with van der Waals surface area (Å²) in [6.07, 6.45) is 6.17. The Morgan fingerprint density at radius 1 is 1.11 bits per heavy atom. The number of ether oxygens (including phenoxy) is 1. The van der Waals surface area contributed by atoms with Crippen LogP contribution in [0.25, 0.3) is 0 Å². The number of rotatable bonds is 10. The maximum Gasteiger partial charge on any atom is 0.267 e. The molecular formula is C22H31F3O2. The van der Waals surface area contributed by atoms with E-state index in [2.05, 4.69) is 6.92 Å². The molecule has 1 saturated carbocycles. The zero-order valence-electron chi connectivity index (χ0n) is 16.4. The molecule has 5 heteroatoms. The van der Waals surface area contributed by atoms with Crippen LogP contribution in [0, 0.1) is 17.7 Å². The van der Waals surface area contributed by atoms with Crippen molar-refractivity contribution in [3.8, 4) is 5.75 Å². The molecule has 0 saturated heterocycles. The Hall–Kier alpha value is -1.52. The minimum absolute atomic E-state index is 0.174. The van der Waals surface area contributed by atoms with Crippen LogP contribution in [0.4, 0.5) is 13.2 Å². The van der Waals surface area contributed by atoms with Gasteiger partial charge in [-0.3, -0.25) is 4.79 Å². The monoisotopic (exact) mass is 384 g/mol. The van der Waals surface area contributed by atoms with Crippen LogP contribution in [0.2, 0.25) is 0 Å². The molecule has 27 heavy (non-hydrogen) atoms. The van der Waals surface area contributed by atoms with Crippen molar-refractivity contribution in [3.05, 3.63) is 29.1 Å². The van der Waals surface area contributed by atoms with Crippen LogP contribution < -0.4 is 4.74 Å². The number of carbonyl (C=O) groups is 1. The third-order valence-electron chi connectivity index (χ3n) is 5.64. The molecule has 152 valence electrons. The quantitative estimate of drug-likeness (QED) is 0.401. The highest BCUT2D eigenvalue weighted by molar-refractivity contribution is 5.97. The van der Waals surface area contributed by atoms with Gasteiger partial charge in [0.25, 0.3) is 6.43 Å². The van der Waals surface area contributed by atoms with Crippen molar-refractivity contribution in [2.75, 3.05) is 6.61 Å². The molecule has 0 bridgehead atoms. The van der Waals surface area contributed by atoms with E-state index in [-0.39, 0.29) is 24.3 Å². The number of alkyl halides is 2. The van der Waals surface area contributed by atoms with E-state index in [4.69, 9.17) is 4.74 Å². The topological polar surface area (TPSA) is 26.3 Å². The zero-order valence-corrected chi connectivity index (χ0v) is 16.4. The molecule has 0 spiro atoms. The maximum atomic E-state index is 14.3. The third kappa shape index (κ3) is 5.98. The average Bonchev–Trinajstić information content (AvgIpc) is 2.64. The fraction of sp³-hybridized carbons (Fsp3) is 0.682. The molecule has 1 aromatic rings. The molecule has 0 radical (unpaired) electrons. The lowest BCUT2D eigenvalue weighted by Crippen LogP contribution is -2.15. The first-order valence-corrected chi connectivity index (χ1v) is 10.2. The Kier molecular flexibility index (Phi) is 8.65. The van der Waals surface area contributed by atoms with Gasteiger partial charge in [0.1, 0.15) is 0 Å². The lowest BCUT2D eigenvalue weighted by molar-refractivity contribution is 0.0958. The lowest BCUT2D eigenvalue weighted by Gasteiger charge is -2.28. The van der Waals surface area contributed by atoms with Crippen molar-refractivity contribution in [2.45, 2.75) is 78.1 Å². The number of ketones is 1. The van der Waals surface area contributed by atoms with Gasteiger partial charge in [-0.2, -0.15) is 0 Å². The summed E-state index contributed by atoms with van der Waals surface area (Å²) in [6.45, 7) is 4.04. The molecule has 2 rings (SSSR count). The van der Waals surface area contributed by atoms with Gasteiger partial charge in [0.2, 0.25) is 0 Å². The number of hydrogen-bond donors (Lipinski definition) is 0. The lowest BCUT2D eigenvalue weighted by atomic mass is 9.78. The van der Waals surface area contributed by atoms with E-state index in [0.717, 1.165) is 12.3 Å². The van der Waals surface area contributed by atoms with Crippen LogP contribution in [0.3, 0.4) is 0 Å². The van der Waals surface area contributed by atoms with Gasteiger partial charge < -0.3 is 4.74 Å². The average molecular weight is 384 g/mol. The normalized spacial score (nSPS) is 20.1. The highest BCUT2D eigenvalue weighted by Crippen LogP contribution is 2.35. The Bertz CT molecular complexity index is 608. The van der Waals surface area contributed by atoms with Crippen molar-refractivity contribution < 1.29 is 22.7 Å². The first kappa shape index (κ1) is 21.8. The van der Waals surface area contributed by atoms with E-state index in [1.54, 1.807) is 6.92 Å². The van der Waals surface area contributed by atoms with E-state index in [9.17, 15) is 18.0 Å². The van der Waals surface area contributed by atoms with E-state index < -0.39 is 23.6 Å². The summed E-state index contributed by atoms with van der Waals surface area (Å²) in [4.78, 5) is 12.4. The van der Waals surface area contributed by atoms with Gasteiger partial charge in [-0.05, 0) is 37.3 Å². The molecule has 0 heterocycles. The van der Waals surface area contributed by atoms with E-state index in [1.165, 1.54) is 50.7 Å². The molecule has 1 aliphatic carbocycles. The minimum atomic E-state index is -3.04. The Morgan fingerprint density at radius 3 is 2.30 bits per heavy atom. The van der Waals surface area contributed by atoms with Crippen LogP contribution in [-0.2, 0) is 0 Å². The predicted molar refractivity (Wildman–Crippen MR) is 101 cm³/mol. The molecule has 2 nitrogen and oxygen atoms in total. The van der Waals surface area contributed by atoms with E-state index in [1.807, 2.05) is 0 Å². The summed E-state index contributed by atoms with van der Waals surface area (Å²) in [5, 5.41) is 0. The highest BCUT2D eigenvalue weighted by Gasteiger charge is 2.26. The van der Waals surface area contributed by atoms with Crippen molar-refractivity contribution in [1.82, 2.24) is 0 Å². The van der Waals surface area contributed by atoms with Gasteiger partial charge in [0.05, 0.1) is 12.2 Å². The first-order chi connectivity index (χ1) is 13.0. The van der Waals surface area contributed by atoms with Gasteiger partial charge in [0, 0.05) is 12.0 Å². The Labute approximate surface area is 160 Å². The molecule has 0 aliphatic heterocycles. The summed E-state index contributed by atoms with van der Waals surface area (Å²) in [5.41, 5.74) is -1.04. The van der Waals surface area contributed by atoms with Crippen molar-refractivity contribution >= 4 is 5.78 Å². The van der Waals surface area contributed by atoms with Crippen LogP contribution in [0.5, 0.6) is 5.75 Å². The van der Waals surface area contributed by atoms with Gasteiger partial charge in [-0.25, -0.2) is 13.2 Å². The summed E-state index contributed by atoms with van der Waals surface area (Å²) in [6, 6.07) is 2.54. The maximum absolute atomic E-state index is 14.3. The molecular weight excluding hydrogens is 353 g/mol. The predicted octanol–water partition coefficient (Wildman–Crippen LogP) is 7.12. The molecule has 0 atom stereocenters. The minimum Gasteiger partial charge on any atom is -0.491 e. The van der Waals surface area contributed by atoms with Crippen LogP contribution >= 0.6 is 0 Å². The number of halogens is 3. The van der Waals surface area contributed by atoms with Gasteiger partial charge >= 0.3 is 0 Å². The van der Waals surface area contributed by atoms with Gasteiger partial charge in [-0.1, -0.05) is 51.9 Å². The fourth-order valence-corrected chi connectivity index (χ4v) is 4.20. The number of hydrogen-bond acceptors (Lipinski definition) is 2. The molecule has 1 aliphatic rings. The number of Topliss-reactive ketones (excluding diaryl/α,β-unsaturated/α-hetero) is 1. The SMILES string of the molecule is CCCC1CCC(CCCC(=O)c2ccc(OCC)c(F)c2C(F)F)CC1. The van der Waals surface area contributed by atoms with Crippen molar-refractivity contribution in [3.63, 3.8) is 0 Å². The molecule has 1 fully saturated rings. The number of carbonyl (C=O) groups excluding carboxylic acids is 1. The molecule has 1 aromatic carbocycles. The highest BCUT2D eigenvalue weighted by atomic mass is 19.3. The Morgan fingerprint density at radius 2 is 1.74 bits per heavy atom. The van der Waals surface area contributed by atoms with Crippen LogP contribution in [-0.4, -0.2) is 12.4 Å². The van der Waals surface area contributed by atoms with Crippen LogP contribution in [0.1, 0.15) is 94.0 Å². The summed E-state index contributed by atoms with van der Waals surface area (Å²) in [7, 11) is 0. The second kappa shape index (κ2) is 10.7. The second-order valence-corrected chi connectivity index (χ2v) is 7.56. The Balaban J connectivity index is 1.91. The van der Waals surface area contributed by atoms with Gasteiger partial charge in [0.15, 0.2) is 17.3 Å². The van der Waals surface area contributed by atoms with Crippen molar-refractivity contribution in [1.29, 1.82) is 0 Å². The molecule has 0 aromatic heterocycles. The van der Waals surface area contributed by atoms with E-state index in [0.29, 0.717) is 12.3 Å². The molecule has 0 unspecified atom stereocenters. The first-order valence-electron chi connectivity index (χ1n) is 10.2. The van der Waals surface area contributed by atoms with Gasteiger partial charge in [-0.15, -0.1) is 0 Å². The number of benzene rings is 1.